The first-order valence-corrected chi connectivity index (χ1v) is 5.65. The lowest BCUT2D eigenvalue weighted by Crippen LogP contribution is -2.30. The van der Waals surface area contributed by atoms with Crippen LogP contribution in [0.3, 0.4) is 0 Å². The van der Waals surface area contributed by atoms with E-state index in [-0.39, 0.29) is 17.2 Å². The number of carbonyl (C=O) groups excluding carboxylic acids is 1. The van der Waals surface area contributed by atoms with Crippen molar-refractivity contribution in [3.63, 3.8) is 0 Å². The molecule has 5 heteroatoms. The number of nitrogens with one attached hydrogen (secondary N) is 1. The van der Waals surface area contributed by atoms with E-state index in [1.165, 1.54) is 18.2 Å². The fourth-order valence-corrected chi connectivity index (χ4v) is 1.25. The quantitative estimate of drug-likeness (QED) is 0.717. The number of hydrogen-bond acceptors (Lipinski definition) is 3. The molecule has 0 radical (unpaired) electrons. The van der Waals surface area contributed by atoms with Gasteiger partial charge in [-0.1, -0.05) is 20.8 Å². The standard InChI is InChI=1S/C13H17NO4/c1-4-13(2,3)12(18)14-8-5-6-10(15)9(7-8)11(16)17/h5-7,15H,4H2,1-3H3,(H,14,18)(H,16,17). The molecular weight excluding hydrogens is 234 g/mol. The zero-order chi connectivity index (χ0) is 13.9. The highest BCUT2D eigenvalue weighted by molar-refractivity contribution is 5.97. The molecule has 0 saturated carbocycles. The van der Waals surface area contributed by atoms with Gasteiger partial charge in [0.25, 0.3) is 0 Å². The molecule has 0 saturated heterocycles. The Hall–Kier alpha value is -2.04. The SMILES string of the molecule is CCC(C)(C)C(=O)Nc1ccc(O)c(C(=O)O)c1. The average molecular weight is 251 g/mol. The normalized spacial score (nSPS) is 11.1. The van der Waals surface area contributed by atoms with Gasteiger partial charge in [-0.2, -0.15) is 0 Å². The van der Waals surface area contributed by atoms with E-state index in [9.17, 15) is 14.7 Å². The summed E-state index contributed by atoms with van der Waals surface area (Å²) in [5, 5.41) is 20.9. The Labute approximate surface area is 105 Å². The number of aromatic hydroxyl groups is 1. The maximum atomic E-state index is 11.9. The van der Waals surface area contributed by atoms with Crippen molar-refractivity contribution in [1.29, 1.82) is 0 Å². The summed E-state index contributed by atoms with van der Waals surface area (Å²) in [5.41, 5.74) is -0.403. The topological polar surface area (TPSA) is 86.6 Å². The molecule has 0 unspecified atom stereocenters. The molecule has 1 amide bonds. The minimum absolute atomic E-state index is 0.188. The molecule has 1 rings (SSSR count). The summed E-state index contributed by atoms with van der Waals surface area (Å²) in [6.45, 7) is 5.51. The molecule has 0 bridgehead atoms. The summed E-state index contributed by atoms with van der Waals surface area (Å²) in [4.78, 5) is 22.8. The maximum absolute atomic E-state index is 11.9. The van der Waals surface area contributed by atoms with Crippen LogP contribution in [0.5, 0.6) is 5.75 Å². The van der Waals surface area contributed by atoms with Crippen molar-refractivity contribution in [3.8, 4) is 5.75 Å². The number of aromatic carboxylic acids is 1. The lowest BCUT2D eigenvalue weighted by Gasteiger charge is -2.21. The van der Waals surface area contributed by atoms with E-state index < -0.39 is 11.4 Å². The van der Waals surface area contributed by atoms with Crippen LogP contribution in [0.25, 0.3) is 0 Å². The number of carboxylic acids is 1. The molecule has 1 aromatic carbocycles. The van der Waals surface area contributed by atoms with Gasteiger partial charge < -0.3 is 15.5 Å². The first-order chi connectivity index (χ1) is 8.27. The van der Waals surface area contributed by atoms with Crippen molar-refractivity contribution in [3.05, 3.63) is 23.8 Å². The van der Waals surface area contributed by atoms with Gasteiger partial charge in [-0.25, -0.2) is 4.79 Å². The van der Waals surface area contributed by atoms with Crippen molar-refractivity contribution in [2.75, 3.05) is 5.32 Å². The number of rotatable bonds is 4. The number of anilines is 1. The Morgan fingerprint density at radius 2 is 1.94 bits per heavy atom. The molecule has 0 fully saturated rings. The van der Waals surface area contributed by atoms with Crippen molar-refractivity contribution in [2.24, 2.45) is 5.41 Å². The van der Waals surface area contributed by atoms with Crippen LogP contribution in [0.4, 0.5) is 5.69 Å². The van der Waals surface area contributed by atoms with Gasteiger partial charge in [-0.05, 0) is 24.6 Å². The van der Waals surface area contributed by atoms with Gasteiger partial charge in [0, 0.05) is 11.1 Å². The van der Waals surface area contributed by atoms with Gasteiger partial charge in [0.1, 0.15) is 11.3 Å². The molecular formula is C13H17NO4. The highest BCUT2D eigenvalue weighted by atomic mass is 16.4. The van der Waals surface area contributed by atoms with Gasteiger partial charge >= 0.3 is 5.97 Å². The second-order valence-corrected chi connectivity index (χ2v) is 4.73. The van der Waals surface area contributed by atoms with Crippen LogP contribution in [0, 0.1) is 5.41 Å². The second-order valence-electron chi connectivity index (χ2n) is 4.73. The van der Waals surface area contributed by atoms with Crippen LogP contribution in [-0.4, -0.2) is 22.1 Å². The Morgan fingerprint density at radius 3 is 2.44 bits per heavy atom. The maximum Gasteiger partial charge on any atom is 0.339 e. The summed E-state index contributed by atoms with van der Waals surface area (Å²) in [6, 6.07) is 3.95. The second kappa shape index (κ2) is 5.08. The summed E-state index contributed by atoms with van der Waals surface area (Å²) < 4.78 is 0. The lowest BCUT2D eigenvalue weighted by atomic mass is 9.89. The number of hydrogen-bond donors (Lipinski definition) is 3. The zero-order valence-electron chi connectivity index (χ0n) is 10.7. The van der Waals surface area contributed by atoms with E-state index in [2.05, 4.69) is 5.32 Å². The van der Waals surface area contributed by atoms with Crippen LogP contribution in [0.2, 0.25) is 0 Å². The van der Waals surface area contributed by atoms with Gasteiger partial charge in [0.15, 0.2) is 0 Å². The summed E-state index contributed by atoms with van der Waals surface area (Å²) in [5.74, 6) is -1.75. The van der Waals surface area contributed by atoms with Crippen LogP contribution in [0.15, 0.2) is 18.2 Å². The Kier molecular flexibility index (Phi) is 3.96. The molecule has 18 heavy (non-hydrogen) atoms. The van der Waals surface area contributed by atoms with Crippen LogP contribution in [-0.2, 0) is 4.79 Å². The molecule has 0 aliphatic carbocycles. The van der Waals surface area contributed by atoms with Crippen molar-refractivity contribution in [1.82, 2.24) is 0 Å². The molecule has 0 atom stereocenters. The van der Waals surface area contributed by atoms with Crippen molar-refractivity contribution < 1.29 is 19.8 Å². The van der Waals surface area contributed by atoms with Gasteiger partial charge in [0.05, 0.1) is 0 Å². The highest BCUT2D eigenvalue weighted by Gasteiger charge is 2.25. The molecule has 0 aliphatic rings. The van der Waals surface area contributed by atoms with Crippen LogP contribution < -0.4 is 5.32 Å². The summed E-state index contributed by atoms with van der Waals surface area (Å²) >= 11 is 0. The van der Waals surface area contributed by atoms with Crippen molar-refractivity contribution in [2.45, 2.75) is 27.2 Å². The Balaban J connectivity index is 2.96. The third-order valence-electron chi connectivity index (χ3n) is 2.98. The largest absolute Gasteiger partial charge is 0.507 e. The Morgan fingerprint density at radius 1 is 1.33 bits per heavy atom. The van der Waals surface area contributed by atoms with E-state index in [0.29, 0.717) is 12.1 Å². The van der Waals surface area contributed by atoms with Crippen LogP contribution in [0.1, 0.15) is 37.6 Å². The number of benzene rings is 1. The van der Waals surface area contributed by atoms with E-state index in [4.69, 9.17) is 5.11 Å². The third-order valence-corrected chi connectivity index (χ3v) is 2.98. The number of phenols is 1. The van der Waals surface area contributed by atoms with Crippen molar-refractivity contribution >= 4 is 17.6 Å². The predicted octanol–water partition coefficient (Wildman–Crippen LogP) is 2.47. The summed E-state index contributed by atoms with van der Waals surface area (Å²) in [6.07, 6.45) is 0.669. The van der Waals surface area contributed by atoms with Gasteiger partial charge in [-0.3, -0.25) is 4.79 Å². The molecule has 3 N–H and O–H groups in total. The number of carboxylic acid groups (broad SMARTS) is 1. The highest BCUT2D eigenvalue weighted by Crippen LogP contribution is 2.25. The van der Waals surface area contributed by atoms with E-state index in [0.717, 1.165) is 0 Å². The monoisotopic (exact) mass is 251 g/mol. The first kappa shape index (κ1) is 14.0. The molecule has 5 nitrogen and oxygen atoms in total. The number of amides is 1. The number of carbonyl (C=O) groups is 2. The fraction of sp³-hybridized carbons (Fsp3) is 0.385. The zero-order valence-corrected chi connectivity index (χ0v) is 10.7. The molecule has 98 valence electrons. The molecule has 0 aromatic heterocycles. The molecule has 1 aromatic rings. The van der Waals surface area contributed by atoms with Crippen LogP contribution >= 0.6 is 0 Å². The predicted molar refractivity (Wildman–Crippen MR) is 67.8 cm³/mol. The fourth-order valence-electron chi connectivity index (χ4n) is 1.25. The minimum atomic E-state index is -1.24. The molecule has 0 spiro atoms. The third kappa shape index (κ3) is 3.00. The lowest BCUT2D eigenvalue weighted by molar-refractivity contribution is -0.124. The van der Waals surface area contributed by atoms with E-state index >= 15 is 0 Å². The van der Waals surface area contributed by atoms with E-state index in [1.807, 2.05) is 6.92 Å². The summed E-state index contributed by atoms with van der Waals surface area (Å²) in [7, 11) is 0. The first-order valence-electron chi connectivity index (χ1n) is 5.65. The average Bonchev–Trinajstić information content (AvgIpc) is 2.31. The molecule has 0 aliphatic heterocycles. The Bertz CT molecular complexity index is 480. The smallest absolute Gasteiger partial charge is 0.339 e. The minimum Gasteiger partial charge on any atom is -0.507 e. The van der Waals surface area contributed by atoms with Gasteiger partial charge in [-0.15, -0.1) is 0 Å². The molecule has 0 heterocycles. The van der Waals surface area contributed by atoms with E-state index in [1.54, 1.807) is 13.8 Å². The van der Waals surface area contributed by atoms with Gasteiger partial charge in [0.2, 0.25) is 5.91 Å².